The number of aromatic nitrogens is 2. The summed E-state index contributed by atoms with van der Waals surface area (Å²) in [5.41, 5.74) is 3.68. The van der Waals surface area contributed by atoms with E-state index in [9.17, 15) is 9.59 Å². The van der Waals surface area contributed by atoms with Crippen molar-refractivity contribution >= 4 is 11.6 Å². The van der Waals surface area contributed by atoms with Crippen LogP contribution in [-0.2, 0) is 24.2 Å². The molecule has 6 heteroatoms. The topological polar surface area (TPSA) is 58.2 Å². The lowest BCUT2D eigenvalue weighted by molar-refractivity contribution is -0.425. The molecule has 1 aromatic carbocycles. The van der Waals surface area contributed by atoms with Crippen molar-refractivity contribution in [3.63, 3.8) is 0 Å². The fourth-order valence-corrected chi connectivity index (χ4v) is 4.42. The molecule has 3 rings (SSSR count). The molecule has 6 nitrogen and oxygen atoms in total. The second kappa shape index (κ2) is 9.86. The molecule has 0 radical (unpaired) electrons. The molecular formula is C25H33N4O2+. The second-order valence-electron chi connectivity index (χ2n) is 7.92. The van der Waals surface area contributed by atoms with Crippen molar-refractivity contribution in [3.05, 3.63) is 75.6 Å². The van der Waals surface area contributed by atoms with E-state index in [4.69, 9.17) is 4.98 Å². The van der Waals surface area contributed by atoms with Gasteiger partial charge in [-0.3, -0.25) is 14.2 Å². The Hall–Kier alpha value is -3.02. The van der Waals surface area contributed by atoms with Crippen LogP contribution in [-0.4, -0.2) is 44.2 Å². The average Bonchev–Trinajstić information content (AvgIpc) is 2.78. The maximum absolute atomic E-state index is 13.9. The molecule has 0 spiro atoms. The minimum Gasteiger partial charge on any atom is -0.337 e. The Morgan fingerprint density at radius 3 is 2.55 bits per heavy atom. The van der Waals surface area contributed by atoms with E-state index >= 15 is 0 Å². The summed E-state index contributed by atoms with van der Waals surface area (Å²) >= 11 is 0. The van der Waals surface area contributed by atoms with Gasteiger partial charge in [-0.2, -0.15) is 0 Å². The lowest BCUT2D eigenvalue weighted by Gasteiger charge is -2.29. The Bertz CT molecular complexity index is 1070. The summed E-state index contributed by atoms with van der Waals surface area (Å²) in [7, 11) is 2.03. The first-order valence-electron chi connectivity index (χ1n) is 11.1. The van der Waals surface area contributed by atoms with Crippen LogP contribution in [0.4, 0.5) is 0 Å². The van der Waals surface area contributed by atoms with Gasteiger partial charge in [-0.15, -0.1) is 0 Å². The Labute approximate surface area is 184 Å². The summed E-state index contributed by atoms with van der Waals surface area (Å²) in [4.78, 5) is 32.4. The van der Waals surface area contributed by atoms with Crippen molar-refractivity contribution in [2.75, 3.05) is 13.6 Å². The van der Waals surface area contributed by atoms with Crippen LogP contribution >= 0.6 is 0 Å². The molecule has 1 aromatic heterocycles. The molecule has 0 fully saturated rings. The molecule has 0 saturated carbocycles. The number of hydrogen-bond donors (Lipinski definition) is 0. The number of allylic oxidation sites excluding steroid dienone is 1. The summed E-state index contributed by atoms with van der Waals surface area (Å²) in [5.74, 6) is 0.772. The van der Waals surface area contributed by atoms with Crippen LogP contribution in [0.2, 0.25) is 0 Å². The van der Waals surface area contributed by atoms with E-state index in [1.54, 1.807) is 11.8 Å². The van der Waals surface area contributed by atoms with Crippen LogP contribution in [0, 0.1) is 0 Å². The quantitative estimate of drug-likeness (QED) is 0.531. The SMILES string of the molecule is C/C=C\[N+](C)=C(CC)C(c1ccccc1)n1c(CC)nc2c(c1=O)CCN(C(C)=O)C2. The highest BCUT2D eigenvalue weighted by Crippen LogP contribution is 2.24. The lowest BCUT2D eigenvalue weighted by Crippen LogP contribution is -2.43. The first-order valence-corrected chi connectivity index (χ1v) is 11.1. The number of benzene rings is 1. The van der Waals surface area contributed by atoms with Gasteiger partial charge in [0.1, 0.15) is 18.9 Å². The lowest BCUT2D eigenvalue weighted by atomic mass is 9.97. The van der Waals surface area contributed by atoms with Gasteiger partial charge in [0.2, 0.25) is 5.91 Å². The Balaban J connectivity index is 2.29. The second-order valence-corrected chi connectivity index (χ2v) is 7.92. The number of nitrogens with zero attached hydrogens (tertiary/aromatic N) is 4. The molecule has 1 amide bonds. The van der Waals surface area contributed by atoms with E-state index in [0.717, 1.165) is 34.8 Å². The van der Waals surface area contributed by atoms with E-state index in [-0.39, 0.29) is 17.5 Å². The van der Waals surface area contributed by atoms with Gasteiger partial charge >= 0.3 is 0 Å². The van der Waals surface area contributed by atoms with Crippen LogP contribution < -0.4 is 5.56 Å². The first-order chi connectivity index (χ1) is 14.9. The van der Waals surface area contributed by atoms with Crippen molar-refractivity contribution in [1.29, 1.82) is 0 Å². The van der Waals surface area contributed by atoms with Gasteiger partial charge in [0.05, 0.1) is 12.2 Å². The number of carbonyl (C=O) groups is 1. The third kappa shape index (κ3) is 4.53. The first kappa shape index (κ1) is 22.7. The van der Waals surface area contributed by atoms with E-state index in [2.05, 4.69) is 23.6 Å². The zero-order valence-electron chi connectivity index (χ0n) is 19.3. The van der Waals surface area contributed by atoms with Crippen molar-refractivity contribution in [2.24, 2.45) is 0 Å². The largest absolute Gasteiger partial charge is 0.337 e. The van der Waals surface area contributed by atoms with Crippen LogP contribution in [0.25, 0.3) is 0 Å². The highest BCUT2D eigenvalue weighted by atomic mass is 16.2. The third-order valence-electron chi connectivity index (χ3n) is 5.98. The predicted molar refractivity (Wildman–Crippen MR) is 124 cm³/mol. The molecule has 1 unspecified atom stereocenters. The number of rotatable bonds is 6. The maximum Gasteiger partial charge on any atom is 0.258 e. The van der Waals surface area contributed by atoms with E-state index in [1.807, 2.05) is 55.9 Å². The van der Waals surface area contributed by atoms with Crippen molar-refractivity contribution in [3.8, 4) is 0 Å². The number of fused-ring (bicyclic) bond motifs is 1. The molecule has 164 valence electrons. The third-order valence-corrected chi connectivity index (χ3v) is 5.98. The monoisotopic (exact) mass is 421 g/mol. The summed E-state index contributed by atoms with van der Waals surface area (Å²) in [6, 6.07) is 9.93. The number of amides is 1. The van der Waals surface area contributed by atoms with Gasteiger partial charge in [-0.25, -0.2) is 9.56 Å². The molecule has 0 bridgehead atoms. The normalized spacial score (nSPS) is 15.6. The van der Waals surface area contributed by atoms with E-state index in [1.165, 1.54) is 0 Å². The van der Waals surface area contributed by atoms with Crippen LogP contribution in [0.1, 0.15) is 62.8 Å². The van der Waals surface area contributed by atoms with Crippen molar-refractivity contribution < 1.29 is 9.37 Å². The van der Waals surface area contributed by atoms with Gasteiger partial charge in [0.25, 0.3) is 5.56 Å². The highest BCUT2D eigenvalue weighted by molar-refractivity contribution is 5.86. The van der Waals surface area contributed by atoms with Gasteiger partial charge in [0.15, 0.2) is 11.9 Å². The highest BCUT2D eigenvalue weighted by Gasteiger charge is 2.32. The molecule has 1 atom stereocenters. The number of hydrogen-bond acceptors (Lipinski definition) is 3. The zero-order valence-corrected chi connectivity index (χ0v) is 19.3. The summed E-state index contributed by atoms with van der Waals surface area (Å²) in [5, 5.41) is 0. The van der Waals surface area contributed by atoms with Gasteiger partial charge < -0.3 is 4.90 Å². The predicted octanol–water partition coefficient (Wildman–Crippen LogP) is 3.33. The molecule has 0 N–H and O–H groups in total. The smallest absolute Gasteiger partial charge is 0.258 e. The molecule has 2 heterocycles. The minimum absolute atomic E-state index is 0.0127. The molecule has 1 aliphatic rings. The van der Waals surface area contributed by atoms with Crippen molar-refractivity contribution in [2.45, 2.75) is 59.5 Å². The minimum atomic E-state index is -0.238. The number of aryl methyl sites for hydroxylation is 1. The van der Waals surface area contributed by atoms with Gasteiger partial charge in [-0.1, -0.05) is 44.2 Å². The summed E-state index contributed by atoms with van der Waals surface area (Å²) < 4.78 is 4.00. The van der Waals surface area contributed by atoms with Gasteiger partial charge in [-0.05, 0) is 25.0 Å². The Morgan fingerprint density at radius 2 is 1.97 bits per heavy atom. The molecule has 31 heavy (non-hydrogen) atoms. The van der Waals surface area contributed by atoms with Crippen LogP contribution in [0.15, 0.2) is 47.4 Å². The van der Waals surface area contributed by atoms with Crippen LogP contribution in [0.5, 0.6) is 0 Å². The Morgan fingerprint density at radius 1 is 1.26 bits per heavy atom. The molecule has 0 aliphatic carbocycles. The maximum atomic E-state index is 13.9. The standard InChI is InChI=1S/C25H33N4O2/c1-6-15-27(5)22(7-2)24(19-12-10-9-11-13-19)29-23(8-3)26-21-17-28(18(4)30)16-14-20(21)25(29)31/h6,9-13,15,24H,7-8,14,16-17H2,1-5H3/q+1/b15-6-,27-22?. The average molecular weight is 422 g/mol. The molecular weight excluding hydrogens is 388 g/mol. The molecule has 1 aliphatic heterocycles. The van der Waals surface area contributed by atoms with E-state index in [0.29, 0.717) is 25.9 Å². The van der Waals surface area contributed by atoms with Gasteiger partial charge in [0, 0.05) is 31.9 Å². The summed E-state index contributed by atoms with van der Waals surface area (Å²) in [6.07, 6.45) is 6.00. The van der Waals surface area contributed by atoms with Crippen molar-refractivity contribution in [1.82, 2.24) is 14.5 Å². The fourth-order valence-electron chi connectivity index (χ4n) is 4.42. The number of carbonyl (C=O) groups excluding carboxylic acids is 1. The molecule has 2 aromatic rings. The fraction of sp³-hybridized carbons (Fsp3) is 0.440. The molecule has 0 saturated heterocycles. The van der Waals surface area contributed by atoms with Crippen LogP contribution in [0.3, 0.4) is 0 Å². The Kier molecular flexibility index (Phi) is 7.21. The summed E-state index contributed by atoms with van der Waals surface area (Å²) in [6.45, 7) is 8.68. The zero-order chi connectivity index (χ0) is 22.5. The van der Waals surface area contributed by atoms with E-state index < -0.39 is 0 Å².